The largest absolute Gasteiger partial charge is 0.443 e. The number of nitro benzene ring substituents is 1. The first-order valence-electron chi connectivity index (χ1n) is 6.44. The predicted octanol–water partition coefficient (Wildman–Crippen LogP) is 3.04. The van der Waals surface area contributed by atoms with Crippen molar-refractivity contribution in [1.82, 2.24) is 0 Å². The number of benzene rings is 1. The number of hydrogen-bond donors (Lipinski definition) is 1. The highest BCUT2D eigenvalue weighted by Crippen LogP contribution is 2.26. The molecule has 0 heterocycles. The number of rotatable bonds is 6. The van der Waals surface area contributed by atoms with Crippen molar-refractivity contribution in [2.45, 2.75) is 39.2 Å². The molecule has 0 saturated carbocycles. The molecule has 0 aliphatic carbocycles. The summed E-state index contributed by atoms with van der Waals surface area (Å²) in [5.74, 6) is 0.116. The van der Waals surface area contributed by atoms with Crippen molar-refractivity contribution in [2.24, 2.45) is 11.7 Å². The van der Waals surface area contributed by atoms with Crippen molar-refractivity contribution in [2.75, 3.05) is 0 Å². The van der Waals surface area contributed by atoms with Crippen LogP contribution >= 0.6 is 0 Å². The summed E-state index contributed by atoms with van der Waals surface area (Å²) in [6, 6.07) is 6.47. The van der Waals surface area contributed by atoms with Crippen LogP contribution < -0.4 is 5.73 Å². The minimum absolute atomic E-state index is 0.0826. The van der Waals surface area contributed by atoms with Gasteiger partial charge < -0.3 is 10.5 Å². The van der Waals surface area contributed by atoms with E-state index in [9.17, 15) is 14.9 Å². The van der Waals surface area contributed by atoms with E-state index in [1.807, 2.05) is 20.8 Å². The lowest BCUT2D eigenvalue weighted by atomic mass is 9.87. The van der Waals surface area contributed by atoms with Gasteiger partial charge in [0, 0.05) is 12.1 Å². The van der Waals surface area contributed by atoms with Gasteiger partial charge in [-0.3, -0.25) is 10.1 Å². The molecule has 0 saturated heterocycles. The van der Waals surface area contributed by atoms with Crippen LogP contribution in [0.1, 0.15) is 32.8 Å². The second kappa shape index (κ2) is 6.36. The molecular weight excluding hydrogens is 260 g/mol. The molecule has 0 aliphatic heterocycles. The summed E-state index contributed by atoms with van der Waals surface area (Å²) >= 11 is 0. The topological polar surface area (TPSA) is 95.5 Å². The van der Waals surface area contributed by atoms with E-state index < -0.39 is 16.6 Å². The van der Waals surface area contributed by atoms with E-state index in [1.54, 1.807) is 12.1 Å². The molecule has 0 aromatic heterocycles. The first-order valence-corrected chi connectivity index (χ1v) is 6.44. The standard InChI is InChI=1S/C14H20N2O4/c1-10(14(2,3)20-13(15)17)4-5-11-6-8-12(9-7-11)16(18)19/h6-10H,4-5H2,1-3H3,(H2,15,17). The molecule has 1 rings (SSSR count). The second-order valence-electron chi connectivity index (χ2n) is 5.39. The van der Waals surface area contributed by atoms with E-state index in [0.717, 1.165) is 18.4 Å². The highest BCUT2D eigenvalue weighted by molar-refractivity contribution is 5.65. The van der Waals surface area contributed by atoms with Gasteiger partial charge in [0.05, 0.1) is 4.92 Å². The Morgan fingerprint density at radius 1 is 1.40 bits per heavy atom. The van der Waals surface area contributed by atoms with Crippen LogP contribution in [0.4, 0.5) is 10.5 Å². The molecule has 2 N–H and O–H groups in total. The van der Waals surface area contributed by atoms with Crippen molar-refractivity contribution in [3.8, 4) is 0 Å². The summed E-state index contributed by atoms with van der Waals surface area (Å²) in [6.45, 7) is 5.62. The van der Waals surface area contributed by atoms with Gasteiger partial charge in [-0.15, -0.1) is 0 Å². The van der Waals surface area contributed by atoms with Crippen LogP contribution in [0.5, 0.6) is 0 Å². The lowest BCUT2D eigenvalue weighted by Crippen LogP contribution is -2.37. The third-order valence-corrected chi connectivity index (χ3v) is 3.56. The molecule has 0 bridgehead atoms. The van der Waals surface area contributed by atoms with E-state index in [0.29, 0.717) is 0 Å². The zero-order chi connectivity index (χ0) is 15.3. The molecule has 0 fully saturated rings. The average molecular weight is 280 g/mol. The molecular formula is C14H20N2O4. The minimum atomic E-state index is -0.780. The SMILES string of the molecule is CC(CCc1ccc([N+](=O)[O-])cc1)C(C)(C)OC(N)=O. The smallest absolute Gasteiger partial charge is 0.405 e. The molecule has 1 amide bonds. The molecule has 20 heavy (non-hydrogen) atoms. The normalized spacial score (nSPS) is 12.8. The zero-order valence-electron chi connectivity index (χ0n) is 12.0. The molecule has 1 unspecified atom stereocenters. The van der Waals surface area contributed by atoms with Crippen LogP contribution in [-0.4, -0.2) is 16.6 Å². The van der Waals surface area contributed by atoms with Gasteiger partial charge in [0.25, 0.3) is 5.69 Å². The molecule has 110 valence electrons. The molecule has 1 atom stereocenters. The Kier molecular flexibility index (Phi) is 5.07. The fourth-order valence-electron chi connectivity index (χ4n) is 1.87. The highest BCUT2D eigenvalue weighted by atomic mass is 16.6. The summed E-state index contributed by atoms with van der Waals surface area (Å²) in [5.41, 5.74) is 5.51. The van der Waals surface area contributed by atoms with E-state index in [2.05, 4.69) is 0 Å². The van der Waals surface area contributed by atoms with Gasteiger partial charge in [0.1, 0.15) is 5.60 Å². The van der Waals surface area contributed by atoms with Gasteiger partial charge in [0.2, 0.25) is 0 Å². The number of nitrogens with two attached hydrogens (primary N) is 1. The van der Waals surface area contributed by atoms with Crippen LogP contribution in [0.15, 0.2) is 24.3 Å². The zero-order valence-corrected chi connectivity index (χ0v) is 12.0. The fraction of sp³-hybridized carbons (Fsp3) is 0.500. The second-order valence-corrected chi connectivity index (χ2v) is 5.39. The number of carbonyl (C=O) groups excluding carboxylic acids is 1. The molecule has 1 aromatic rings. The van der Waals surface area contributed by atoms with Gasteiger partial charge in [-0.2, -0.15) is 0 Å². The van der Waals surface area contributed by atoms with Crippen molar-refractivity contribution in [3.05, 3.63) is 39.9 Å². The van der Waals surface area contributed by atoms with E-state index >= 15 is 0 Å². The Balaban J connectivity index is 2.58. The number of primary amides is 1. The monoisotopic (exact) mass is 280 g/mol. The summed E-state index contributed by atoms with van der Waals surface area (Å²) in [7, 11) is 0. The highest BCUT2D eigenvalue weighted by Gasteiger charge is 2.29. The van der Waals surface area contributed by atoms with Crippen LogP contribution in [0.25, 0.3) is 0 Å². The lowest BCUT2D eigenvalue weighted by molar-refractivity contribution is -0.384. The summed E-state index contributed by atoms with van der Waals surface area (Å²) < 4.78 is 5.09. The van der Waals surface area contributed by atoms with E-state index in [4.69, 9.17) is 10.5 Å². The number of hydrogen-bond acceptors (Lipinski definition) is 4. The molecule has 1 aromatic carbocycles. The van der Waals surface area contributed by atoms with Crippen LogP contribution in [0.2, 0.25) is 0 Å². The Morgan fingerprint density at radius 3 is 2.40 bits per heavy atom. The Labute approximate surface area is 118 Å². The Bertz CT molecular complexity index is 482. The maximum Gasteiger partial charge on any atom is 0.405 e. The van der Waals surface area contributed by atoms with E-state index in [1.165, 1.54) is 12.1 Å². The first-order chi connectivity index (χ1) is 9.22. The number of nitrogens with zero attached hydrogens (tertiary/aromatic N) is 1. The lowest BCUT2D eigenvalue weighted by Gasteiger charge is -2.30. The van der Waals surface area contributed by atoms with Crippen LogP contribution in [0.3, 0.4) is 0 Å². The van der Waals surface area contributed by atoms with Gasteiger partial charge in [-0.05, 0) is 38.2 Å². The number of nitro groups is 1. The maximum atomic E-state index is 10.8. The number of ether oxygens (including phenoxy) is 1. The summed E-state index contributed by atoms with van der Waals surface area (Å²) in [5, 5.41) is 10.6. The van der Waals surface area contributed by atoms with Crippen molar-refractivity contribution >= 4 is 11.8 Å². The number of aryl methyl sites for hydroxylation is 1. The van der Waals surface area contributed by atoms with Crippen molar-refractivity contribution in [1.29, 1.82) is 0 Å². The summed E-state index contributed by atoms with van der Waals surface area (Å²) in [6.07, 6.45) is 0.764. The quantitative estimate of drug-likeness (QED) is 0.640. The minimum Gasteiger partial charge on any atom is -0.443 e. The third-order valence-electron chi connectivity index (χ3n) is 3.56. The van der Waals surface area contributed by atoms with Crippen molar-refractivity contribution in [3.63, 3.8) is 0 Å². The number of amides is 1. The molecule has 0 spiro atoms. The van der Waals surface area contributed by atoms with Gasteiger partial charge in [-0.1, -0.05) is 19.1 Å². The maximum absolute atomic E-state index is 10.8. The van der Waals surface area contributed by atoms with E-state index in [-0.39, 0.29) is 11.6 Å². The van der Waals surface area contributed by atoms with Crippen LogP contribution in [-0.2, 0) is 11.2 Å². The predicted molar refractivity (Wildman–Crippen MR) is 75.3 cm³/mol. The molecule has 6 nitrogen and oxygen atoms in total. The molecule has 0 radical (unpaired) electrons. The summed E-state index contributed by atoms with van der Waals surface area (Å²) in [4.78, 5) is 21.0. The first kappa shape index (κ1) is 15.9. The van der Waals surface area contributed by atoms with Gasteiger partial charge in [-0.25, -0.2) is 4.79 Å². The number of non-ortho nitro benzene ring substituents is 1. The Hall–Kier alpha value is -2.11. The fourth-order valence-corrected chi connectivity index (χ4v) is 1.87. The molecule has 6 heteroatoms. The van der Waals surface area contributed by atoms with Crippen LogP contribution in [0, 0.1) is 16.0 Å². The van der Waals surface area contributed by atoms with Gasteiger partial charge >= 0.3 is 6.09 Å². The number of carbonyl (C=O) groups is 1. The Morgan fingerprint density at radius 2 is 1.95 bits per heavy atom. The average Bonchev–Trinajstić information content (AvgIpc) is 2.34. The van der Waals surface area contributed by atoms with Crippen molar-refractivity contribution < 1.29 is 14.5 Å². The molecule has 0 aliphatic rings. The third kappa shape index (κ3) is 4.53. The van der Waals surface area contributed by atoms with Gasteiger partial charge in [0.15, 0.2) is 0 Å².